The third-order valence-corrected chi connectivity index (χ3v) is 1.89. The molecule has 11 heavy (non-hydrogen) atoms. The maximum Gasteiger partial charge on any atom is 0.0709 e. The molecule has 0 saturated heterocycles. The van der Waals surface area contributed by atoms with Gasteiger partial charge in [0.25, 0.3) is 0 Å². The van der Waals surface area contributed by atoms with Crippen LogP contribution in [0.3, 0.4) is 0 Å². The van der Waals surface area contributed by atoms with Gasteiger partial charge in [-0.1, -0.05) is 0 Å². The van der Waals surface area contributed by atoms with Crippen LogP contribution in [0, 0.1) is 0 Å². The van der Waals surface area contributed by atoms with E-state index in [0.717, 1.165) is 10.2 Å². The Morgan fingerprint density at radius 2 is 2.27 bits per heavy atom. The van der Waals surface area contributed by atoms with Crippen LogP contribution in [-0.4, -0.2) is 4.98 Å². The molecule has 1 heterocycles. The van der Waals surface area contributed by atoms with Gasteiger partial charge in [-0.2, -0.15) is 0 Å². The van der Waals surface area contributed by atoms with Gasteiger partial charge < -0.3 is 5.73 Å². The zero-order valence-electron chi connectivity index (χ0n) is 6.12. The fraction of sp³-hybridized carbons (Fsp3) is 0.286. The predicted octanol–water partition coefficient (Wildman–Crippen LogP) is 2.29. The van der Waals surface area contributed by atoms with Gasteiger partial charge in [-0.15, -0.1) is 12.4 Å². The Morgan fingerprint density at radius 3 is 2.64 bits per heavy atom. The number of aromatic nitrogens is 1. The van der Waals surface area contributed by atoms with Gasteiger partial charge in [-0.3, -0.25) is 4.98 Å². The summed E-state index contributed by atoms with van der Waals surface area (Å²) in [5, 5.41) is 0. The molecule has 1 rings (SSSR count). The van der Waals surface area contributed by atoms with E-state index in [4.69, 9.17) is 5.73 Å². The predicted molar refractivity (Wildman–Crippen MR) is 51.8 cm³/mol. The van der Waals surface area contributed by atoms with Crippen LogP contribution in [-0.2, 0) is 0 Å². The normalized spacial score (nSPS) is 11.9. The molecule has 0 saturated carbocycles. The summed E-state index contributed by atoms with van der Waals surface area (Å²) >= 11 is 3.35. The number of hydrogen-bond acceptors (Lipinski definition) is 2. The molecule has 62 valence electrons. The first-order chi connectivity index (χ1) is 4.72. The molecule has 0 aromatic carbocycles. The standard InChI is InChI=1S/C7H9BrN2.ClH/c1-5(9)7-6(8)3-2-4-10-7;/h2-5H,9H2,1H3;1H. The topological polar surface area (TPSA) is 38.9 Å². The van der Waals surface area contributed by atoms with Crippen molar-refractivity contribution in [3.8, 4) is 0 Å². The summed E-state index contributed by atoms with van der Waals surface area (Å²) in [5.41, 5.74) is 6.53. The number of pyridine rings is 1. The molecule has 4 heteroatoms. The first-order valence-corrected chi connectivity index (χ1v) is 3.87. The molecule has 0 bridgehead atoms. The first-order valence-electron chi connectivity index (χ1n) is 3.08. The highest BCUT2D eigenvalue weighted by molar-refractivity contribution is 9.10. The Labute approximate surface area is 80.7 Å². The Kier molecular flexibility index (Phi) is 4.65. The van der Waals surface area contributed by atoms with Crippen LogP contribution in [0.25, 0.3) is 0 Å². The van der Waals surface area contributed by atoms with E-state index in [9.17, 15) is 0 Å². The van der Waals surface area contributed by atoms with Gasteiger partial charge in [0.05, 0.1) is 5.69 Å². The summed E-state index contributed by atoms with van der Waals surface area (Å²) in [6, 6.07) is 3.80. The molecule has 0 fully saturated rings. The molecule has 1 unspecified atom stereocenters. The van der Waals surface area contributed by atoms with E-state index in [2.05, 4.69) is 20.9 Å². The van der Waals surface area contributed by atoms with Crippen molar-refractivity contribution in [1.82, 2.24) is 4.98 Å². The third kappa shape index (κ3) is 2.77. The van der Waals surface area contributed by atoms with Crippen LogP contribution in [0.2, 0.25) is 0 Å². The Hall–Kier alpha value is -0.120. The van der Waals surface area contributed by atoms with E-state index in [1.165, 1.54) is 0 Å². The minimum atomic E-state index is -0.00410. The van der Waals surface area contributed by atoms with Gasteiger partial charge in [-0.05, 0) is 35.0 Å². The second-order valence-corrected chi connectivity index (χ2v) is 3.01. The van der Waals surface area contributed by atoms with E-state index in [1.807, 2.05) is 19.1 Å². The Morgan fingerprint density at radius 1 is 1.64 bits per heavy atom. The maximum atomic E-state index is 5.62. The minimum Gasteiger partial charge on any atom is -0.323 e. The highest BCUT2D eigenvalue weighted by Gasteiger charge is 2.03. The van der Waals surface area contributed by atoms with Crippen molar-refractivity contribution in [3.05, 3.63) is 28.5 Å². The lowest BCUT2D eigenvalue weighted by Crippen LogP contribution is -2.07. The van der Waals surface area contributed by atoms with Crippen molar-refractivity contribution < 1.29 is 0 Å². The number of hydrogen-bond donors (Lipinski definition) is 1. The van der Waals surface area contributed by atoms with Crippen molar-refractivity contribution in [2.24, 2.45) is 5.73 Å². The monoisotopic (exact) mass is 236 g/mol. The van der Waals surface area contributed by atoms with Crippen molar-refractivity contribution in [2.45, 2.75) is 13.0 Å². The fourth-order valence-corrected chi connectivity index (χ4v) is 1.35. The molecular weight excluding hydrogens is 227 g/mol. The quantitative estimate of drug-likeness (QED) is 0.814. The zero-order valence-corrected chi connectivity index (χ0v) is 8.52. The van der Waals surface area contributed by atoms with Gasteiger partial charge in [-0.25, -0.2) is 0 Å². The molecule has 0 aliphatic carbocycles. The summed E-state index contributed by atoms with van der Waals surface area (Å²) in [5.74, 6) is 0. The van der Waals surface area contributed by atoms with Crippen molar-refractivity contribution in [1.29, 1.82) is 0 Å². The fourth-order valence-electron chi connectivity index (χ4n) is 0.733. The molecule has 2 N–H and O–H groups in total. The van der Waals surface area contributed by atoms with Crippen molar-refractivity contribution >= 4 is 28.3 Å². The number of halogens is 2. The first kappa shape index (κ1) is 10.9. The minimum absolute atomic E-state index is 0. The van der Waals surface area contributed by atoms with E-state index in [-0.39, 0.29) is 18.4 Å². The lowest BCUT2D eigenvalue weighted by molar-refractivity contribution is 0.775. The molecule has 1 aromatic heterocycles. The zero-order chi connectivity index (χ0) is 7.56. The second-order valence-electron chi connectivity index (χ2n) is 2.16. The largest absolute Gasteiger partial charge is 0.323 e. The summed E-state index contributed by atoms with van der Waals surface area (Å²) in [7, 11) is 0. The van der Waals surface area contributed by atoms with Crippen molar-refractivity contribution in [2.75, 3.05) is 0 Å². The van der Waals surface area contributed by atoms with E-state index < -0.39 is 0 Å². The van der Waals surface area contributed by atoms with E-state index in [1.54, 1.807) is 6.20 Å². The number of nitrogens with zero attached hydrogens (tertiary/aromatic N) is 1. The van der Waals surface area contributed by atoms with Crippen molar-refractivity contribution in [3.63, 3.8) is 0 Å². The summed E-state index contributed by atoms with van der Waals surface area (Å²) in [6.07, 6.45) is 1.74. The SMILES string of the molecule is CC(N)c1ncccc1Br.Cl. The smallest absolute Gasteiger partial charge is 0.0709 e. The van der Waals surface area contributed by atoms with E-state index in [0.29, 0.717) is 0 Å². The molecule has 0 aliphatic rings. The van der Waals surface area contributed by atoms with E-state index >= 15 is 0 Å². The second kappa shape index (κ2) is 4.70. The molecule has 0 amide bonds. The van der Waals surface area contributed by atoms with Gasteiger partial charge in [0.2, 0.25) is 0 Å². The van der Waals surface area contributed by atoms with Crippen LogP contribution >= 0.6 is 28.3 Å². The average Bonchev–Trinajstić information content (AvgIpc) is 1.88. The Balaban J connectivity index is 0.000001000. The molecule has 1 aromatic rings. The molecule has 2 nitrogen and oxygen atoms in total. The maximum absolute atomic E-state index is 5.62. The molecular formula is C7H10BrClN2. The summed E-state index contributed by atoms with van der Waals surface area (Å²) in [6.45, 7) is 1.91. The van der Waals surface area contributed by atoms with Crippen LogP contribution in [0.5, 0.6) is 0 Å². The van der Waals surface area contributed by atoms with Gasteiger partial charge in [0.1, 0.15) is 0 Å². The van der Waals surface area contributed by atoms with Crippen LogP contribution in [0.1, 0.15) is 18.7 Å². The van der Waals surface area contributed by atoms with Crippen LogP contribution < -0.4 is 5.73 Å². The molecule has 0 aliphatic heterocycles. The molecule has 0 spiro atoms. The highest BCUT2D eigenvalue weighted by Crippen LogP contribution is 2.17. The number of nitrogens with two attached hydrogens (primary N) is 1. The number of rotatable bonds is 1. The lowest BCUT2D eigenvalue weighted by Gasteiger charge is -2.04. The third-order valence-electron chi connectivity index (χ3n) is 1.22. The van der Waals surface area contributed by atoms with Crippen LogP contribution in [0.4, 0.5) is 0 Å². The Bertz CT molecular complexity index is 227. The molecule has 0 radical (unpaired) electrons. The van der Waals surface area contributed by atoms with Gasteiger partial charge >= 0.3 is 0 Å². The van der Waals surface area contributed by atoms with Crippen LogP contribution in [0.15, 0.2) is 22.8 Å². The van der Waals surface area contributed by atoms with Gasteiger partial charge in [0, 0.05) is 16.7 Å². The summed E-state index contributed by atoms with van der Waals surface area (Å²) in [4.78, 5) is 4.11. The summed E-state index contributed by atoms with van der Waals surface area (Å²) < 4.78 is 0.977. The lowest BCUT2D eigenvalue weighted by atomic mass is 10.2. The highest BCUT2D eigenvalue weighted by atomic mass is 79.9. The van der Waals surface area contributed by atoms with Gasteiger partial charge in [0.15, 0.2) is 0 Å². The average molecular weight is 238 g/mol. The molecule has 1 atom stereocenters.